The van der Waals surface area contributed by atoms with Gasteiger partial charge in [-0.25, -0.2) is 4.98 Å². The minimum Gasteiger partial charge on any atom is -0.311 e. The summed E-state index contributed by atoms with van der Waals surface area (Å²) in [6, 6.07) is 8.33. The van der Waals surface area contributed by atoms with Crippen LogP contribution in [0.25, 0.3) is 10.6 Å². The number of rotatable bonds is 1. The van der Waals surface area contributed by atoms with E-state index >= 15 is 0 Å². The zero-order chi connectivity index (χ0) is 11.0. The lowest BCUT2D eigenvalue weighted by molar-refractivity contribution is 0.639. The van der Waals surface area contributed by atoms with E-state index in [0.717, 1.165) is 29.0 Å². The molecule has 0 bridgehead atoms. The second-order valence-corrected chi connectivity index (χ2v) is 5.83. The monoisotopic (exact) mass is 294 g/mol. The third-order valence-electron chi connectivity index (χ3n) is 2.67. The van der Waals surface area contributed by atoms with Gasteiger partial charge >= 0.3 is 0 Å². The molecule has 0 spiro atoms. The van der Waals surface area contributed by atoms with Gasteiger partial charge in [0.05, 0.1) is 5.69 Å². The fourth-order valence-electron chi connectivity index (χ4n) is 1.87. The first kappa shape index (κ1) is 10.4. The molecule has 1 N–H and O–H groups in total. The number of nitrogens with one attached hydrogen (secondary N) is 1. The Morgan fingerprint density at radius 1 is 1.38 bits per heavy atom. The number of fused-ring (bicyclic) bond motifs is 1. The SMILES string of the molecule is Brc1cccc(-c2nc3c(s2)CCNC3)c1. The molecule has 2 heterocycles. The number of hydrogen-bond acceptors (Lipinski definition) is 3. The molecule has 2 aromatic rings. The van der Waals surface area contributed by atoms with Gasteiger partial charge in [-0.05, 0) is 18.6 Å². The van der Waals surface area contributed by atoms with E-state index in [1.165, 1.54) is 16.1 Å². The molecule has 4 heteroatoms. The van der Waals surface area contributed by atoms with Gasteiger partial charge in [0.1, 0.15) is 5.01 Å². The smallest absolute Gasteiger partial charge is 0.123 e. The Hall–Kier alpha value is -0.710. The number of halogens is 1. The van der Waals surface area contributed by atoms with Crippen LogP contribution >= 0.6 is 27.3 Å². The summed E-state index contributed by atoms with van der Waals surface area (Å²) in [5, 5.41) is 4.49. The topological polar surface area (TPSA) is 24.9 Å². The van der Waals surface area contributed by atoms with E-state index in [0.29, 0.717) is 0 Å². The standard InChI is InChI=1S/C12H11BrN2S/c13-9-3-1-2-8(6-9)12-15-10-7-14-5-4-11(10)16-12/h1-3,6,14H,4-5,7H2. The second-order valence-electron chi connectivity index (χ2n) is 3.83. The van der Waals surface area contributed by atoms with E-state index in [1.54, 1.807) is 0 Å². The van der Waals surface area contributed by atoms with Crippen molar-refractivity contribution in [2.24, 2.45) is 0 Å². The molecular formula is C12H11BrN2S. The lowest BCUT2D eigenvalue weighted by Crippen LogP contribution is -2.22. The minimum absolute atomic E-state index is 0.917. The number of thiazole rings is 1. The van der Waals surface area contributed by atoms with Crippen molar-refractivity contribution in [3.63, 3.8) is 0 Å². The van der Waals surface area contributed by atoms with Gasteiger partial charge in [0, 0.05) is 28.0 Å². The molecule has 16 heavy (non-hydrogen) atoms. The summed E-state index contributed by atoms with van der Waals surface area (Å²) in [6.07, 6.45) is 1.11. The predicted octanol–water partition coefficient (Wildman–Crippen LogP) is 3.22. The lowest BCUT2D eigenvalue weighted by Gasteiger charge is -2.09. The van der Waals surface area contributed by atoms with E-state index in [-0.39, 0.29) is 0 Å². The van der Waals surface area contributed by atoms with E-state index in [9.17, 15) is 0 Å². The first-order valence-corrected chi connectivity index (χ1v) is 6.89. The van der Waals surface area contributed by atoms with Gasteiger partial charge in [0.25, 0.3) is 0 Å². The quantitative estimate of drug-likeness (QED) is 0.874. The molecule has 1 aliphatic heterocycles. The highest BCUT2D eigenvalue weighted by molar-refractivity contribution is 9.10. The Labute approximate surface area is 107 Å². The Bertz CT molecular complexity index is 498. The Morgan fingerprint density at radius 3 is 3.12 bits per heavy atom. The number of aromatic nitrogens is 1. The molecule has 1 aromatic carbocycles. The van der Waals surface area contributed by atoms with E-state index < -0.39 is 0 Å². The minimum atomic E-state index is 0.917. The molecule has 0 unspecified atom stereocenters. The van der Waals surface area contributed by atoms with Gasteiger partial charge < -0.3 is 5.32 Å². The summed E-state index contributed by atoms with van der Waals surface area (Å²) >= 11 is 5.32. The average molecular weight is 295 g/mol. The number of benzene rings is 1. The molecule has 0 fully saturated rings. The van der Waals surface area contributed by atoms with Gasteiger partial charge in [-0.3, -0.25) is 0 Å². The maximum Gasteiger partial charge on any atom is 0.123 e. The molecule has 3 rings (SSSR count). The van der Waals surface area contributed by atoms with Crippen LogP contribution in [0.5, 0.6) is 0 Å². The van der Waals surface area contributed by atoms with Crippen LogP contribution in [-0.4, -0.2) is 11.5 Å². The lowest BCUT2D eigenvalue weighted by atomic mass is 10.2. The molecule has 0 saturated heterocycles. The van der Waals surface area contributed by atoms with Gasteiger partial charge in [-0.2, -0.15) is 0 Å². The normalized spacial score (nSPS) is 14.8. The molecule has 82 valence electrons. The third-order valence-corrected chi connectivity index (χ3v) is 4.37. The molecule has 0 saturated carbocycles. The van der Waals surface area contributed by atoms with Crippen molar-refractivity contribution in [3.8, 4) is 10.6 Å². The molecule has 0 atom stereocenters. The van der Waals surface area contributed by atoms with Crippen molar-refractivity contribution in [1.82, 2.24) is 10.3 Å². The van der Waals surface area contributed by atoms with Gasteiger partial charge in [-0.15, -0.1) is 11.3 Å². The molecule has 2 nitrogen and oxygen atoms in total. The highest BCUT2D eigenvalue weighted by Crippen LogP contribution is 2.30. The van der Waals surface area contributed by atoms with Crippen molar-refractivity contribution in [3.05, 3.63) is 39.3 Å². The van der Waals surface area contributed by atoms with E-state index in [1.807, 2.05) is 17.4 Å². The summed E-state index contributed by atoms with van der Waals surface area (Å²) in [5.74, 6) is 0. The summed E-state index contributed by atoms with van der Waals surface area (Å²) in [6.45, 7) is 1.99. The predicted molar refractivity (Wildman–Crippen MR) is 70.7 cm³/mol. The molecule has 0 aliphatic carbocycles. The zero-order valence-electron chi connectivity index (χ0n) is 8.66. The van der Waals surface area contributed by atoms with Crippen LogP contribution in [0.2, 0.25) is 0 Å². The van der Waals surface area contributed by atoms with Crippen LogP contribution in [0.4, 0.5) is 0 Å². The van der Waals surface area contributed by atoms with Crippen LogP contribution in [0.15, 0.2) is 28.7 Å². The average Bonchev–Trinajstić information content (AvgIpc) is 2.72. The third kappa shape index (κ3) is 1.93. The van der Waals surface area contributed by atoms with E-state index in [2.05, 4.69) is 39.4 Å². The first-order valence-electron chi connectivity index (χ1n) is 5.28. The van der Waals surface area contributed by atoms with Gasteiger partial charge in [0.2, 0.25) is 0 Å². The first-order chi connectivity index (χ1) is 7.83. The zero-order valence-corrected chi connectivity index (χ0v) is 11.1. The summed E-state index contributed by atoms with van der Waals surface area (Å²) < 4.78 is 1.11. The Morgan fingerprint density at radius 2 is 2.31 bits per heavy atom. The highest BCUT2D eigenvalue weighted by atomic mass is 79.9. The Balaban J connectivity index is 2.03. The van der Waals surface area contributed by atoms with Gasteiger partial charge in [0.15, 0.2) is 0 Å². The van der Waals surface area contributed by atoms with Crippen LogP contribution in [0.3, 0.4) is 0 Å². The molecule has 0 radical (unpaired) electrons. The van der Waals surface area contributed by atoms with E-state index in [4.69, 9.17) is 4.98 Å². The fourth-order valence-corrected chi connectivity index (χ4v) is 3.34. The fraction of sp³-hybridized carbons (Fsp3) is 0.250. The highest BCUT2D eigenvalue weighted by Gasteiger charge is 2.15. The van der Waals surface area contributed by atoms with Crippen molar-refractivity contribution in [2.45, 2.75) is 13.0 Å². The van der Waals surface area contributed by atoms with Crippen molar-refractivity contribution >= 4 is 27.3 Å². The van der Waals surface area contributed by atoms with Crippen molar-refractivity contribution in [2.75, 3.05) is 6.54 Å². The van der Waals surface area contributed by atoms with Crippen LogP contribution in [-0.2, 0) is 13.0 Å². The summed E-state index contributed by atoms with van der Waals surface area (Å²) in [4.78, 5) is 6.14. The largest absolute Gasteiger partial charge is 0.311 e. The summed E-state index contributed by atoms with van der Waals surface area (Å²) in [7, 11) is 0. The van der Waals surface area contributed by atoms with Crippen LogP contribution in [0.1, 0.15) is 10.6 Å². The van der Waals surface area contributed by atoms with Gasteiger partial charge in [-0.1, -0.05) is 28.1 Å². The maximum absolute atomic E-state index is 4.70. The second kappa shape index (κ2) is 4.28. The summed E-state index contributed by atoms with van der Waals surface area (Å²) in [5.41, 5.74) is 2.43. The van der Waals surface area contributed by atoms with Crippen molar-refractivity contribution in [1.29, 1.82) is 0 Å². The van der Waals surface area contributed by atoms with Crippen LogP contribution < -0.4 is 5.32 Å². The molecule has 1 aliphatic rings. The molecule has 1 aromatic heterocycles. The molecule has 0 amide bonds. The Kier molecular flexibility index (Phi) is 2.79. The number of hydrogen-bond donors (Lipinski definition) is 1. The van der Waals surface area contributed by atoms with Crippen molar-refractivity contribution < 1.29 is 0 Å². The maximum atomic E-state index is 4.70. The molecular weight excluding hydrogens is 284 g/mol. The van der Waals surface area contributed by atoms with Crippen LogP contribution in [0, 0.1) is 0 Å². The number of nitrogens with zero attached hydrogens (tertiary/aromatic N) is 1.